The summed E-state index contributed by atoms with van der Waals surface area (Å²) < 4.78 is 20.7. The second kappa shape index (κ2) is 5.25. The minimum Gasteiger partial charge on any atom is -0.456 e. The number of hydrogen-bond donors (Lipinski definition) is 0. The van der Waals surface area contributed by atoms with Gasteiger partial charge in [-0.1, -0.05) is 0 Å². The monoisotopic (exact) mass is 281 g/mol. The minimum atomic E-state index is -0.460. The largest absolute Gasteiger partial charge is 0.456 e. The van der Waals surface area contributed by atoms with E-state index in [4.69, 9.17) is 10.00 Å². The van der Waals surface area contributed by atoms with Gasteiger partial charge < -0.3 is 4.74 Å². The van der Waals surface area contributed by atoms with E-state index in [1.165, 1.54) is 12.1 Å². The molecular weight excluding hydrogens is 269 g/mol. The third-order valence-corrected chi connectivity index (χ3v) is 3.20. The number of nitrogens with zero attached hydrogens (tertiary/aromatic N) is 3. The molecule has 0 bridgehead atoms. The number of halogens is 1. The first-order valence-corrected chi connectivity index (χ1v) is 6.54. The summed E-state index contributed by atoms with van der Waals surface area (Å²) >= 11 is 0. The van der Waals surface area contributed by atoms with Gasteiger partial charge in [0.1, 0.15) is 23.4 Å². The number of rotatable bonds is 3. The molecule has 0 aliphatic rings. The molecule has 0 spiro atoms. The molecule has 0 amide bonds. The number of ether oxygens (including phenoxy) is 1. The molecule has 2 aromatic carbocycles. The first-order valence-electron chi connectivity index (χ1n) is 6.54. The molecule has 3 rings (SSSR count). The quantitative estimate of drug-likeness (QED) is 0.732. The van der Waals surface area contributed by atoms with Crippen LogP contribution in [0.25, 0.3) is 10.9 Å². The van der Waals surface area contributed by atoms with E-state index in [-0.39, 0.29) is 5.56 Å². The highest BCUT2D eigenvalue weighted by molar-refractivity contribution is 5.80. The summed E-state index contributed by atoms with van der Waals surface area (Å²) in [5, 5.41) is 14.2. The van der Waals surface area contributed by atoms with Gasteiger partial charge in [0.25, 0.3) is 0 Å². The number of aryl methyl sites for hydroxylation is 1. The topological polar surface area (TPSA) is 50.8 Å². The summed E-state index contributed by atoms with van der Waals surface area (Å²) in [5.74, 6) is 0.459. The van der Waals surface area contributed by atoms with Gasteiger partial charge in [-0.05, 0) is 43.3 Å². The lowest BCUT2D eigenvalue weighted by Crippen LogP contribution is -1.95. The Bertz CT molecular complexity index is 848. The van der Waals surface area contributed by atoms with Crippen LogP contribution in [0.2, 0.25) is 0 Å². The Hall–Kier alpha value is -2.87. The lowest BCUT2D eigenvalue weighted by molar-refractivity contribution is 0.479. The molecule has 0 fully saturated rings. The molecule has 0 radical (unpaired) electrons. The fraction of sp³-hybridized carbons (Fsp3) is 0.125. The second-order valence-electron chi connectivity index (χ2n) is 4.54. The van der Waals surface area contributed by atoms with Crippen molar-refractivity contribution in [2.24, 2.45) is 0 Å². The standard InChI is InChI=1S/C16H12FN3O/c1-2-20-15-5-4-14(8-12(15)10-19-20)21-16-6-3-13(17)7-11(16)9-18/h3-8,10H,2H2,1H3. The fourth-order valence-electron chi connectivity index (χ4n) is 2.19. The summed E-state index contributed by atoms with van der Waals surface area (Å²) in [5.41, 5.74) is 1.18. The van der Waals surface area contributed by atoms with E-state index in [9.17, 15) is 4.39 Å². The Morgan fingerprint density at radius 2 is 2.14 bits per heavy atom. The molecule has 0 saturated heterocycles. The maximum atomic E-state index is 13.1. The molecule has 0 atom stereocenters. The van der Waals surface area contributed by atoms with Gasteiger partial charge in [-0.2, -0.15) is 10.4 Å². The highest BCUT2D eigenvalue weighted by Crippen LogP contribution is 2.28. The normalized spacial score (nSPS) is 10.5. The zero-order valence-corrected chi connectivity index (χ0v) is 11.4. The average Bonchev–Trinajstić information content (AvgIpc) is 2.91. The predicted molar refractivity (Wildman–Crippen MR) is 76.6 cm³/mol. The minimum absolute atomic E-state index is 0.166. The average molecular weight is 281 g/mol. The maximum absolute atomic E-state index is 13.1. The molecule has 0 saturated carbocycles. The van der Waals surface area contributed by atoms with Crippen molar-refractivity contribution in [1.82, 2.24) is 9.78 Å². The van der Waals surface area contributed by atoms with Gasteiger partial charge >= 0.3 is 0 Å². The summed E-state index contributed by atoms with van der Waals surface area (Å²) in [6, 6.07) is 11.4. The van der Waals surface area contributed by atoms with Gasteiger partial charge in [-0.15, -0.1) is 0 Å². The van der Waals surface area contributed by atoms with E-state index in [0.717, 1.165) is 23.5 Å². The number of hydrogen-bond acceptors (Lipinski definition) is 3. The molecule has 1 heterocycles. The zero-order valence-electron chi connectivity index (χ0n) is 11.4. The molecular formula is C16H12FN3O. The molecule has 1 aromatic heterocycles. The van der Waals surface area contributed by atoms with Crippen molar-refractivity contribution in [1.29, 1.82) is 5.26 Å². The van der Waals surface area contributed by atoms with E-state index >= 15 is 0 Å². The summed E-state index contributed by atoms with van der Waals surface area (Å²) in [6.07, 6.45) is 1.77. The van der Waals surface area contributed by atoms with Crippen molar-refractivity contribution in [2.45, 2.75) is 13.5 Å². The van der Waals surface area contributed by atoms with Gasteiger partial charge in [0.15, 0.2) is 0 Å². The van der Waals surface area contributed by atoms with Gasteiger partial charge in [0.2, 0.25) is 0 Å². The molecule has 5 heteroatoms. The summed E-state index contributed by atoms with van der Waals surface area (Å²) in [6.45, 7) is 2.81. The Morgan fingerprint density at radius 1 is 1.29 bits per heavy atom. The van der Waals surface area contributed by atoms with Crippen LogP contribution in [0.4, 0.5) is 4.39 Å². The summed E-state index contributed by atoms with van der Waals surface area (Å²) in [7, 11) is 0. The van der Waals surface area contributed by atoms with E-state index in [0.29, 0.717) is 11.5 Å². The first-order chi connectivity index (χ1) is 10.2. The van der Waals surface area contributed by atoms with E-state index in [1.807, 2.05) is 29.8 Å². The second-order valence-corrected chi connectivity index (χ2v) is 4.54. The molecule has 0 N–H and O–H groups in total. The molecule has 0 unspecified atom stereocenters. The Balaban J connectivity index is 1.97. The zero-order chi connectivity index (χ0) is 14.8. The van der Waals surface area contributed by atoms with Crippen molar-refractivity contribution < 1.29 is 9.13 Å². The van der Waals surface area contributed by atoms with Crippen LogP contribution < -0.4 is 4.74 Å². The van der Waals surface area contributed by atoms with Crippen LogP contribution >= 0.6 is 0 Å². The molecule has 0 aliphatic heterocycles. The van der Waals surface area contributed by atoms with E-state index in [1.54, 1.807) is 12.3 Å². The third-order valence-electron chi connectivity index (χ3n) is 3.20. The van der Waals surface area contributed by atoms with Crippen LogP contribution in [-0.2, 0) is 6.54 Å². The fourth-order valence-corrected chi connectivity index (χ4v) is 2.19. The van der Waals surface area contributed by atoms with Crippen molar-refractivity contribution in [2.75, 3.05) is 0 Å². The number of nitriles is 1. The van der Waals surface area contributed by atoms with Crippen molar-refractivity contribution in [3.63, 3.8) is 0 Å². The number of aromatic nitrogens is 2. The highest BCUT2D eigenvalue weighted by Gasteiger charge is 2.08. The molecule has 0 aliphatic carbocycles. The lowest BCUT2D eigenvalue weighted by Gasteiger charge is -2.07. The van der Waals surface area contributed by atoms with Crippen LogP contribution in [0.15, 0.2) is 42.6 Å². The van der Waals surface area contributed by atoms with Crippen molar-refractivity contribution in [3.8, 4) is 17.6 Å². The lowest BCUT2D eigenvalue weighted by atomic mass is 10.2. The highest BCUT2D eigenvalue weighted by atomic mass is 19.1. The Kier molecular flexibility index (Phi) is 3.28. The van der Waals surface area contributed by atoms with Crippen LogP contribution in [0.3, 0.4) is 0 Å². The number of fused-ring (bicyclic) bond motifs is 1. The SMILES string of the molecule is CCn1ncc2cc(Oc3ccc(F)cc3C#N)ccc21. The third kappa shape index (κ3) is 2.43. The number of benzene rings is 2. The van der Waals surface area contributed by atoms with Gasteiger partial charge in [0.05, 0.1) is 17.3 Å². The maximum Gasteiger partial charge on any atom is 0.145 e. The van der Waals surface area contributed by atoms with Gasteiger partial charge in [-0.25, -0.2) is 4.39 Å². The molecule has 21 heavy (non-hydrogen) atoms. The van der Waals surface area contributed by atoms with Gasteiger partial charge in [0, 0.05) is 11.9 Å². The Morgan fingerprint density at radius 3 is 2.90 bits per heavy atom. The van der Waals surface area contributed by atoms with Gasteiger partial charge in [-0.3, -0.25) is 4.68 Å². The van der Waals surface area contributed by atoms with Crippen molar-refractivity contribution >= 4 is 10.9 Å². The molecule has 4 nitrogen and oxygen atoms in total. The van der Waals surface area contributed by atoms with E-state index < -0.39 is 5.82 Å². The predicted octanol–water partition coefficient (Wildman–Crippen LogP) is 3.86. The van der Waals surface area contributed by atoms with E-state index in [2.05, 4.69) is 5.10 Å². The van der Waals surface area contributed by atoms with Crippen LogP contribution in [-0.4, -0.2) is 9.78 Å². The van der Waals surface area contributed by atoms with Crippen molar-refractivity contribution in [3.05, 3.63) is 54.0 Å². The Labute approximate surface area is 121 Å². The molecule has 3 aromatic rings. The molecule has 104 valence electrons. The van der Waals surface area contributed by atoms with Crippen LogP contribution in [0, 0.1) is 17.1 Å². The van der Waals surface area contributed by atoms with Crippen LogP contribution in [0.5, 0.6) is 11.5 Å². The smallest absolute Gasteiger partial charge is 0.145 e. The first kappa shape index (κ1) is 13.1. The summed E-state index contributed by atoms with van der Waals surface area (Å²) in [4.78, 5) is 0. The van der Waals surface area contributed by atoms with Crippen LogP contribution in [0.1, 0.15) is 12.5 Å².